The largest absolute Gasteiger partial charge is 0.481 e. The van der Waals surface area contributed by atoms with E-state index in [0.717, 1.165) is 23.8 Å². The van der Waals surface area contributed by atoms with E-state index in [-0.39, 0.29) is 12.3 Å². The van der Waals surface area contributed by atoms with E-state index >= 15 is 0 Å². The molecule has 7 heteroatoms. The van der Waals surface area contributed by atoms with Crippen LogP contribution in [0.15, 0.2) is 17.3 Å². The number of rotatable bonds is 3. The van der Waals surface area contributed by atoms with Crippen LogP contribution in [0.1, 0.15) is 30.9 Å². The molecule has 0 unspecified atom stereocenters. The zero-order chi connectivity index (χ0) is 15.1. The first kappa shape index (κ1) is 13.0. The van der Waals surface area contributed by atoms with Gasteiger partial charge in [-0.3, -0.25) is 4.79 Å². The van der Waals surface area contributed by atoms with Crippen LogP contribution in [0, 0.1) is 0 Å². The first-order chi connectivity index (χ1) is 10.7. The Morgan fingerprint density at radius 2 is 2.05 bits per heavy atom. The van der Waals surface area contributed by atoms with Crippen LogP contribution >= 0.6 is 0 Å². The molecule has 1 aliphatic heterocycles. The maximum atomic E-state index is 11.4. The molecule has 1 fully saturated rings. The van der Waals surface area contributed by atoms with Crippen molar-refractivity contribution in [3.63, 3.8) is 0 Å². The number of ether oxygens (including phenoxy) is 1. The second-order valence-electron chi connectivity index (χ2n) is 5.32. The Morgan fingerprint density at radius 1 is 1.18 bits per heavy atom. The van der Waals surface area contributed by atoms with Gasteiger partial charge in [-0.05, 0) is 12.8 Å². The quantitative estimate of drug-likeness (QED) is 0.800. The lowest BCUT2D eigenvalue weighted by molar-refractivity contribution is -0.117. The Morgan fingerprint density at radius 3 is 2.82 bits per heavy atom. The standard InChI is InChI=1S/C15H13N5O2/c1-22-12-6-10(8-2-3-8)17-15(19-12)14-16-7-9-4-5-11(21)18-13(9)20-14/h4,6-8H,2-3,5H2,1H3. The fraction of sp³-hybridized carbons (Fsp3) is 0.333. The molecule has 2 aromatic heterocycles. The van der Waals surface area contributed by atoms with Crippen molar-refractivity contribution in [2.75, 3.05) is 7.11 Å². The topological polar surface area (TPSA) is 90.2 Å². The fourth-order valence-corrected chi connectivity index (χ4v) is 2.32. The van der Waals surface area contributed by atoms with Gasteiger partial charge in [0.05, 0.1) is 12.8 Å². The van der Waals surface area contributed by atoms with Gasteiger partial charge >= 0.3 is 0 Å². The summed E-state index contributed by atoms with van der Waals surface area (Å²) < 4.78 is 5.23. The van der Waals surface area contributed by atoms with Gasteiger partial charge in [0.2, 0.25) is 11.7 Å². The molecule has 0 radical (unpaired) electrons. The number of fused-ring (bicyclic) bond motifs is 1. The number of carbonyl (C=O) groups excluding carboxylic acids is 1. The van der Waals surface area contributed by atoms with E-state index in [1.807, 2.05) is 6.07 Å². The molecule has 7 nitrogen and oxygen atoms in total. The third kappa shape index (κ3) is 2.34. The van der Waals surface area contributed by atoms with Crippen LogP contribution in [0.25, 0.3) is 17.7 Å². The molecule has 0 aromatic carbocycles. The molecule has 1 aliphatic carbocycles. The predicted octanol–water partition coefficient (Wildman–Crippen LogP) is 0.150. The van der Waals surface area contributed by atoms with Crippen LogP contribution in [0.5, 0.6) is 5.88 Å². The van der Waals surface area contributed by atoms with E-state index in [1.165, 1.54) is 0 Å². The fourth-order valence-electron chi connectivity index (χ4n) is 2.32. The average molecular weight is 295 g/mol. The molecule has 2 aromatic rings. The Balaban J connectivity index is 1.85. The number of methoxy groups -OCH3 is 1. The molecular weight excluding hydrogens is 282 g/mol. The molecular formula is C15H13N5O2. The van der Waals surface area contributed by atoms with Gasteiger partial charge in [0, 0.05) is 29.8 Å². The van der Waals surface area contributed by atoms with Crippen molar-refractivity contribution in [1.29, 1.82) is 0 Å². The van der Waals surface area contributed by atoms with Crippen molar-refractivity contribution >= 4 is 12.0 Å². The minimum absolute atomic E-state index is 0.206. The number of amides is 1. The summed E-state index contributed by atoms with van der Waals surface area (Å²) in [7, 11) is 1.57. The highest BCUT2D eigenvalue weighted by Gasteiger charge is 2.27. The summed E-state index contributed by atoms with van der Waals surface area (Å²) in [5.74, 6) is 1.51. The van der Waals surface area contributed by atoms with Gasteiger partial charge < -0.3 is 4.74 Å². The molecule has 4 rings (SSSR count). The van der Waals surface area contributed by atoms with Gasteiger partial charge in [0.25, 0.3) is 5.91 Å². The lowest BCUT2D eigenvalue weighted by Crippen LogP contribution is -2.34. The third-order valence-corrected chi connectivity index (χ3v) is 3.65. The van der Waals surface area contributed by atoms with Crippen LogP contribution < -0.4 is 15.4 Å². The lowest BCUT2D eigenvalue weighted by Gasteiger charge is -2.06. The van der Waals surface area contributed by atoms with Crippen molar-refractivity contribution in [2.45, 2.75) is 25.2 Å². The number of aromatic nitrogens is 4. The van der Waals surface area contributed by atoms with Crippen molar-refractivity contribution in [2.24, 2.45) is 4.99 Å². The van der Waals surface area contributed by atoms with Crippen LogP contribution in [0.3, 0.4) is 0 Å². The van der Waals surface area contributed by atoms with E-state index in [9.17, 15) is 4.79 Å². The highest BCUT2D eigenvalue weighted by atomic mass is 16.5. The Labute approximate surface area is 125 Å². The summed E-state index contributed by atoms with van der Waals surface area (Å²) in [5.41, 5.74) is 1.32. The normalized spacial score (nSPS) is 16.5. The van der Waals surface area contributed by atoms with Crippen LogP contribution in [0.2, 0.25) is 0 Å². The first-order valence-electron chi connectivity index (χ1n) is 7.11. The van der Waals surface area contributed by atoms with Crippen LogP contribution in [-0.2, 0) is 4.79 Å². The Kier molecular flexibility index (Phi) is 2.92. The van der Waals surface area contributed by atoms with Crippen molar-refractivity contribution < 1.29 is 9.53 Å². The SMILES string of the molecule is COc1cc(C2CC2)nc(-c2ncc3c(n2)=NC(=O)CC=3)n1. The van der Waals surface area contributed by atoms with Gasteiger partial charge in [-0.25, -0.2) is 15.0 Å². The summed E-state index contributed by atoms with van der Waals surface area (Å²) in [5, 5.41) is 0.758. The van der Waals surface area contributed by atoms with Gasteiger partial charge in [0.15, 0.2) is 11.3 Å². The predicted molar refractivity (Wildman–Crippen MR) is 76.5 cm³/mol. The van der Waals surface area contributed by atoms with E-state index in [0.29, 0.717) is 28.9 Å². The van der Waals surface area contributed by atoms with Gasteiger partial charge in [-0.1, -0.05) is 6.08 Å². The molecule has 0 N–H and O–H groups in total. The Bertz CT molecular complexity index is 889. The third-order valence-electron chi connectivity index (χ3n) is 3.65. The molecule has 0 spiro atoms. The smallest absolute Gasteiger partial charge is 0.251 e. The van der Waals surface area contributed by atoms with Gasteiger partial charge in [-0.15, -0.1) is 0 Å². The van der Waals surface area contributed by atoms with Gasteiger partial charge in [0.1, 0.15) is 0 Å². The van der Waals surface area contributed by atoms with E-state index in [1.54, 1.807) is 19.4 Å². The molecule has 2 aliphatic rings. The number of carbonyl (C=O) groups is 1. The second-order valence-corrected chi connectivity index (χ2v) is 5.32. The molecule has 1 saturated carbocycles. The highest BCUT2D eigenvalue weighted by molar-refractivity contribution is 5.82. The summed E-state index contributed by atoms with van der Waals surface area (Å²) in [6.45, 7) is 0. The lowest BCUT2D eigenvalue weighted by atomic mass is 10.2. The Hall–Kier alpha value is -2.70. The molecule has 0 saturated heterocycles. The van der Waals surface area contributed by atoms with Crippen molar-refractivity contribution in [3.05, 3.63) is 28.7 Å². The summed E-state index contributed by atoms with van der Waals surface area (Å²) >= 11 is 0. The molecule has 1 amide bonds. The average Bonchev–Trinajstić information content (AvgIpc) is 3.38. The van der Waals surface area contributed by atoms with Crippen molar-refractivity contribution in [3.8, 4) is 17.5 Å². The summed E-state index contributed by atoms with van der Waals surface area (Å²) in [6.07, 6.45) is 5.97. The molecule has 3 heterocycles. The maximum Gasteiger partial charge on any atom is 0.251 e. The van der Waals surface area contributed by atoms with Crippen molar-refractivity contribution in [1.82, 2.24) is 19.9 Å². The zero-order valence-electron chi connectivity index (χ0n) is 12.0. The molecule has 0 bridgehead atoms. The van der Waals surface area contributed by atoms with Gasteiger partial charge in [-0.2, -0.15) is 9.98 Å². The molecule has 0 atom stereocenters. The van der Waals surface area contributed by atoms with Crippen LogP contribution in [-0.4, -0.2) is 33.0 Å². The van der Waals surface area contributed by atoms with Crippen LogP contribution in [0.4, 0.5) is 0 Å². The second kappa shape index (κ2) is 4.94. The first-order valence-corrected chi connectivity index (χ1v) is 7.11. The summed E-state index contributed by atoms with van der Waals surface area (Å²) in [4.78, 5) is 32.8. The molecule has 110 valence electrons. The van der Waals surface area contributed by atoms with E-state index < -0.39 is 0 Å². The highest BCUT2D eigenvalue weighted by Crippen LogP contribution is 2.40. The maximum absolute atomic E-state index is 11.4. The number of hydrogen-bond donors (Lipinski definition) is 0. The molecule has 22 heavy (non-hydrogen) atoms. The summed E-state index contributed by atoms with van der Waals surface area (Å²) in [6, 6.07) is 1.85. The minimum atomic E-state index is -0.206. The van der Waals surface area contributed by atoms with E-state index in [4.69, 9.17) is 4.74 Å². The zero-order valence-corrected chi connectivity index (χ0v) is 12.0. The van der Waals surface area contributed by atoms with E-state index in [2.05, 4.69) is 24.9 Å². The number of hydrogen-bond acceptors (Lipinski definition) is 6. The monoisotopic (exact) mass is 295 g/mol. The minimum Gasteiger partial charge on any atom is -0.481 e. The number of nitrogens with zero attached hydrogens (tertiary/aromatic N) is 5.